The standard InChI is InChI=1S/C23H22Cl2FN3O4/c1-11(2)10-28-22(9-17(22)30)20(29(32)33)18(13-4-3-5-15(25)19(13)26)23(28)14-7-6-12(24)8-16(14)27-21(23)31/h3-8,11,17-18,20,30H,9-10H2,1-2H3,(H,27,31)/t17-,18-,20-,22?,23+/m1/s1. The van der Waals surface area contributed by atoms with Crippen molar-refractivity contribution in [2.75, 3.05) is 11.9 Å². The van der Waals surface area contributed by atoms with Crippen LogP contribution in [0, 0.1) is 21.8 Å². The lowest BCUT2D eigenvalue weighted by atomic mass is 9.73. The number of likely N-dealkylation sites (tertiary alicyclic amines) is 1. The number of benzene rings is 2. The van der Waals surface area contributed by atoms with Crippen molar-refractivity contribution in [2.24, 2.45) is 5.92 Å². The van der Waals surface area contributed by atoms with Gasteiger partial charge in [-0.05, 0) is 24.1 Å². The Labute approximate surface area is 199 Å². The minimum atomic E-state index is -1.62. The number of halogens is 3. The summed E-state index contributed by atoms with van der Waals surface area (Å²) in [5.74, 6) is -2.54. The second kappa shape index (κ2) is 7.37. The molecule has 2 N–H and O–H groups in total. The van der Waals surface area contributed by atoms with Crippen LogP contribution in [0.25, 0.3) is 0 Å². The number of rotatable bonds is 4. The van der Waals surface area contributed by atoms with Crippen LogP contribution in [-0.2, 0) is 10.3 Å². The predicted molar refractivity (Wildman–Crippen MR) is 122 cm³/mol. The summed E-state index contributed by atoms with van der Waals surface area (Å²) in [5.41, 5.74) is -2.06. The summed E-state index contributed by atoms with van der Waals surface area (Å²) in [6, 6.07) is 7.72. The summed E-state index contributed by atoms with van der Waals surface area (Å²) in [6.45, 7) is 4.15. The van der Waals surface area contributed by atoms with Crippen molar-refractivity contribution in [1.29, 1.82) is 0 Å². The number of hydrogen-bond donors (Lipinski definition) is 2. The maximum Gasteiger partial charge on any atom is 0.250 e. The van der Waals surface area contributed by atoms with Crippen LogP contribution in [0.5, 0.6) is 0 Å². The number of hydrogen-bond acceptors (Lipinski definition) is 5. The van der Waals surface area contributed by atoms with E-state index >= 15 is 4.39 Å². The number of aliphatic hydroxyl groups is 1. The number of amides is 1. The summed E-state index contributed by atoms with van der Waals surface area (Å²) >= 11 is 12.2. The molecule has 2 spiro atoms. The smallest absolute Gasteiger partial charge is 0.250 e. The largest absolute Gasteiger partial charge is 0.391 e. The highest BCUT2D eigenvalue weighted by atomic mass is 35.5. The zero-order valence-corrected chi connectivity index (χ0v) is 19.4. The molecule has 1 saturated carbocycles. The van der Waals surface area contributed by atoms with Gasteiger partial charge in [0, 0.05) is 39.7 Å². The van der Waals surface area contributed by atoms with Crippen LogP contribution in [0.15, 0.2) is 36.4 Å². The van der Waals surface area contributed by atoms with E-state index in [1.165, 1.54) is 18.2 Å². The Morgan fingerprint density at radius 3 is 2.64 bits per heavy atom. The van der Waals surface area contributed by atoms with Crippen LogP contribution in [-0.4, -0.2) is 45.1 Å². The molecule has 3 aliphatic rings. The van der Waals surface area contributed by atoms with Crippen molar-refractivity contribution in [3.05, 3.63) is 73.5 Å². The summed E-state index contributed by atoms with van der Waals surface area (Å²) in [6.07, 6.45) is -0.915. The van der Waals surface area contributed by atoms with Gasteiger partial charge in [0.1, 0.15) is 16.9 Å². The number of carbonyl (C=O) groups is 1. The topological polar surface area (TPSA) is 95.7 Å². The van der Waals surface area contributed by atoms with E-state index in [2.05, 4.69) is 5.32 Å². The van der Waals surface area contributed by atoms with Gasteiger partial charge in [-0.25, -0.2) is 4.39 Å². The molecule has 7 nitrogen and oxygen atoms in total. The Hall–Kier alpha value is -2.26. The maximum atomic E-state index is 15.5. The predicted octanol–water partition coefficient (Wildman–Crippen LogP) is 4.18. The molecule has 10 heteroatoms. The van der Waals surface area contributed by atoms with Crippen LogP contribution in [0.4, 0.5) is 10.1 Å². The molecule has 5 atom stereocenters. The Balaban J connectivity index is 1.89. The lowest BCUT2D eigenvalue weighted by Crippen LogP contribution is -2.55. The molecule has 2 fully saturated rings. The molecule has 0 bridgehead atoms. The Bertz CT molecular complexity index is 1190. The number of nitro groups is 1. The monoisotopic (exact) mass is 493 g/mol. The van der Waals surface area contributed by atoms with Crippen LogP contribution < -0.4 is 5.32 Å². The molecule has 174 valence electrons. The van der Waals surface area contributed by atoms with Crippen LogP contribution in [0.2, 0.25) is 10.0 Å². The number of fused-ring (bicyclic) bond motifs is 2. The van der Waals surface area contributed by atoms with Crippen LogP contribution >= 0.6 is 23.2 Å². The molecule has 0 aromatic heterocycles. The van der Waals surface area contributed by atoms with Gasteiger partial charge in [0.2, 0.25) is 6.04 Å². The van der Waals surface area contributed by atoms with Crippen molar-refractivity contribution in [3.8, 4) is 0 Å². The van der Waals surface area contributed by atoms with Gasteiger partial charge in [0.15, 0.2) is 0 Å². The van der Waals surface area contributed by atoms with Gasteiger partial charge in [-0.2, -0.15) is 0 Å². The van der Waals surface area contributed by atoms with Crippen molar-refractivity contribution in [3.63, 3.8) is 0 Å². The SMILES string of the molecule is CC(C)CN1C2(C[C@H]2O)[C@H]([N+](=O)[O-])[C@@H](c2cccc(Cl)c2F)[C@@]12C(=O)Nc1cc(Cl)ccc12. The van der Waals surface area contributed by atoms with Gasteiger partial charge in [-0.15, -0.1) is 0 Å². The van der Waals surface area contributed by atoms with E-state index in [0.717, 1.165) is 0 Å². The highest BCUT2D eigenvalue weighted by molar-refractivity contribution is 6.31. The molecular formula is C23H22Cl2FN3O4. The second-order valence-corrected chi connectivity index (χ2v) is 10.3. The molecule has 1 saturated heterocycles. The Morgan fingerprint density at radius 2 is 2.03 bits per heavy atom. The molecule has 33 heavy (non-hydrogen) atoms. The first-order valence-corrected chi connectivity index (χ1v) is 11.5. The maximum absolute atomic E-state index is 15.5. The van der Waals surface area contributed by atoms with Gasteiger partial charge in [-0.3, -0.25) is 19.8 Å². The highest BCUT2D eigenvalue weighted by Crippen LogP contribution is 2.67. The fourth-order valence-electron chi connectivity index (χ4n) is 6.04. The van der Waals surface area contributed by atoms with Gasteiger partial charge in [0.25, 0.3) is 5.91 Å². The average Bonchev–Trinajstić information content (AvgIpc) is 3.20. The number of nitrogens with one attached hydrogen (secondary N) is 1. The molecule has 2 heterocycles. The van der Waals surface area contributed by atoms with E-state index in [1.807, 2.05) is 13.8 Å². The van der Waals surface area contributed by atoms with Crippen molar-refractivity contribution < 1.29 is 19.2 Å². The Morgan fingerprint density at radius 1 is 1.33 bits per heavy atom. The number of carbonyl (C=O) groups excluding carboxylic acids is 1. The van der Waals surface area contributed by atoms with Crippen molar-refractivity contribution >= 4 is 34.8 Å². The zero-order valence-electron chi connectivity index (χ0n) is 17.9. The number of aliphatic hydroxyl groups excluding tert-OH is 1. The summed E-state index contributed by atoms with van der Waals surface area (Å²) in [7, 11) is 0. The van der Waals surface area contributed by atoms with Gasteiger partial charge in [0.05, 0.1) is 17.0 Å². The number of anilines is 1. The molecule has 2 aromatic carbocycles. The van der Waals surface area contributed by atoms with E-state index in [9.17, 15) is 20.0 Å². The first kappa shape index (κ1) is 22.5. The molecule has 2 aromatic rings. The van der Waals surface area contributed by atoms with E-state index in [0.29, 0.717) is 16.3 Å². The first-order chi connectivity index (χ1) is 15.6. The molecular weight excluding hydrogens is 472 g/mol. The fraction of sp³-hybridized carbons (Fsp3) is 0.435. The molecule has 5 rings (SSSR count). The van der Waals surface area contributed by atoms with E-state index < -0.39 is 45.8 Å². The van der Waals surface area contributed by atoms with Gasteiger partial charge in [-0.1, -0.05) is 55.2 Å². The number of nitrogens with zero attached hydrogens (tertiary/aromatic N) is 2. The molecule has 0 radical (unpaired) electrons. The summed E-state index contributed by atoms with van der Waals surface area (Å²) in [5, 5.41) is 26.4. The lowest BCUT2D eigenvalue weighted by molar-refractivity contribution is -0.531. The summed E-state index contributed by atoms with van der Waals surface area (Å²) in [4.78, 5) is 27.7. The van der Waals surface area contributed by atoms with E-state index in [-0.39, 0.29) is 29.5 Å². The van der Waals surface area contributed by atoms with Crippen molar-refractivity contribution in [2.45, 2.75) is 49.4 Å². The third-order valence-corrected chi connectivity index (χ3v) is 7.75. The normalized spacial score (nSPS) is 32.6. The quantitative estimate of drug-likeness (QED) is 0.491. The first-order valence-electron chi connectivity index (χ1n) is 10.7. The zero-order chi connectivity index (χ0) is 23.9. The van der Waals surface area contributed by atoms with Crippen LogP contribution in [0.1, 0.15) is 37.3 Å². The van der Waals surface area contributed by atoms with Gasteiger partial charge < -0.3 is 10.4 Å². The Kier molecular flexibility index (Phi) is 5.03. The fourth-order valence-corrected chi connectivity index (χ4v) is 6.39. The van der Waals surface area contributed by atoms with Gasteiger partial charge >= 0.3 is 0 Å². The van der Waals surface area contributed by atoms with E-state index in [4.69, 9.17) is 23.2 Å². The third kappa shape index (κ3) is 2.84. The third-order valence-electron chi connectivity index (χ3n) is 7.22. The molecule has 1 amide bonds. The second-order valence-electron chi connectivity index (χ2n) is 9.48. The molecule has 1 unspecified atom stereocenters. The van der Waals surface area contributed by atoms with Crippen LogP contribution in [0.3, 0.4) is 0 Å². The molecule has 2 aliphatic heterocycles. The minimum Gasteiger partial charge on any atom is -0.391 e. The average molecular weight is 494 g/mol. The van der Waals surface area contributed by atoms with E-state index in [1.54, 1.807) is 23.1 Å². The molecule has 1 aliphatic carbocycles. The minimum absolute atomic E-state index is 0.00561. The van der Waals surface area contributed by atoms with Crippen molar-refractivity contribution in [1.82, 2.24) is 4.90 Å². The highest BCUT2D eigenvalue weighted by Gasteiger charge is 2.84. The summed E-state index contributed by atoms with van der Waals surface area (Å²) < 4.78 is 15.5. The lowest BCUT2D eigenvalue weighted by Gasteiger charge is -2.39.